The average molecular weight is 340 g/mol. The molecule has 118 valence electrons. The molecule has 0 unspecified atom stereocenters. The van der Waals surface area contributed by atoms with Crippen LogP contribution in [0.1, 0.15) is 13.8 Å². The molecule has 0 fully saturated rings. The molecule has 0 saturated carbocycles. The second-order valence-electron chi connectivity index (χ2n) is 4.28. The minimum absolute atomic E-state index is 0.0131. The van der Waals surface area contributed by atoms with Crippen LogP contribution in [0.2, 0.25) is 0 Å². The Hall–Kier alpha value is -1.87. The second-order valence-corrected chi connectivity index (χ2v) is 6.13. The zero-order chi connectivity index (χ0) is 16.1. The molecule has 2 aromatic rings. The van der Waals surface area contributed by atoms with E-state index in [9.17, 15) is 14.4 Å². The van der Waals surface area contributed by atoms with E-state index in [0.29, 0.717) is 28.5 Å². The Bertz CT molecular complexity index is 753. The van der Waals surface area contributed by atoms with E-state index < -0.39 is 11.9 Å². The fourth-order valence-corrected chi connectivity index (χ4v) is 3.45. The first-order valence-corrected chi connectivity index (χ1v) is 8.61. The van der Waals surface area contributed by atoms with Crippen molar-refractivity contribution in [2.45, 2.75) is 25.5 Å². The van der Waals surface area contributed by atoms with Crippen LogP contribution in [-0.4, -0.2) is 33.8 Å². The number of thiophene rings is 1. The van der Waals surface area contributed by atoms with Gasteiger partial charge in [-0.05, 0) is 25.3 Å². The third-order valence-corrected chi connectivity index (χ3v) is 4.64. The van der Waals surface area contributed by atoms with E-state index in [1.54, 1.807) is 13.0 Å². The van der Waals surface area contributed by atoms with Gasteiger partial charge in [-0.3, -0.25) is 19.5 Å². The third kappa shape index (κ3) is 3.66. The van der Waals surface area contributed by atoms with Gasteiger partial charge in [0.1, 0.15) is 4.70 Å². The maximum absolute atomic E-state index is 12.3. The van der Waals surface area contributed by atoms with Gasteiger partial charge in [-0.2, -0.15) is 0 Å². The standard InChI is InChI=1S/C13H16N4O3S2/c1-3-14-12(20)16-9(18)7-22-13-15-8-5-6-21-10(8)11(19)17(13)4-2/h5-6H,3-4,7H2,1-2H3,(H2,14,16,18,20). The Kier molecular flexibility index (Phi) is 5.56. The molecular weight excluding hydrogens is 324 g/mol. The minimum Gasteiger partial charge on any atom is -0.338 e. The summed E-state index contributed by atoms with van der Waals surface area (Å²) in [6.45, 7) is 4.53. The van der Waals surface area contributed by atoms with Crippen molar-refractivity contribution < 1.29 is 9.59 Å². The number of fused-ring (bicyclic) bond motifs is 1. The monoisotopic (exact) mass is 340 g/mol. The highest BCUT2D eigenvalue weighted by Crippen LogP contribution is 2.20. The molecule has 0 saturated heterocycles. The molecule has 0 aliphatic rings. The van der Waals surface area contributed by atoms with Gasteiger partial charge in [0.25, 0.3) is 5.56 Å². The number of hydrogen-bond donors (Lipinski definition) is 2. The number of amides is 3. The van der Waals surface area contributed by atoms with Gasteiger partial charge in [0.2, 0.25) is 5.91 Å². The molecule has 0 radical (unpaired) electrons. The van der Waals surface area contributed by atoms with Gasteiger partial charge in [-0.25, -0.2) is 9.78 Å². The van der Waals surface area contributed by atoms with Crippen molar-refractivity contribution in [3.8, 4) is 0 Å². The zero-order valence-electron chi connectivity index (χ0n) is 12.2. The van der Waals surface area contributed by atoms with E-state index in [0.717, 1.165) is 11.8 Å². The van der Waals surface area contributed by atoms with Gasteiger partial charge in [0, 0.05) is 13.1 Å². The minimum atomic E-state index is -0.526. The summed E-state index contributed by atoms with van der Waals surface area (Å²) in [6.07, 6.45) is 0. The molecule has 2 rings (SSSR count). The van der Waals surface area contributed by atoms with Crippen molar-refractivity contribution in [2.75, 3.05) is 12.3 Å². The molecule has 7 nitrogen and oxygen atoms in total. The number of nitrogens with one attached hydrogen (secondary N) is 2. The summed E-state index contributed by atoms with van der Waals surface area (Å²) in [5, 5.41) is 6.98. The van der Waals surface area contributed by atoms with Gasteiger partial charge >= 0.3 is 6.03 Å². The molecular formula is C13H16N4O3S2. The lowest BCUT2D eigenvalue weighted by Crippen LogP contribution is -2.40. The Balaban J connectivity index is 2.12. The van der Waals surface area contributed by atoms with Crippen LogP contribution in [0.25, 0.3) is 10.2 Å². The van der Waals surface area contributed by atoms with E-state index in [2.05, 4.69) is 15.6 Å². The van der Waals surface area contributed by atoms with Gasteiger partial charge < -0.3 is 5.32 Å². The summed E-state index contributed by atoms with van der Waals surface area (Å²) in [6, 6.07) is 1.25. The Morgan fingerprint density at radius 2 is 2.18 bits per heavy atom. The van der Waals surface area contributed by atoms with Crippen LogP contribution < -0.4 is 16.2 Å². The molecule has 9 heteroatoms. The Labute approximate surface area is 135 Å². The Morgan fingerprint density at radius 3 is 2.86 bits per heavy atom. The fourth-order valence-electron chi connectivity index (χ4n) is 1.81. The molecule has 2 aromatic heterocycles. The number of hydrogen-bond acceptors (Lipinski definition) is 6. The quantitative estimate of drug-likeness (QED) is 0.634. The molecule has 0 aliphatic heterocycles. The normalized spacial score (nSPS) is 10.6. The van der Waals surface area contributed by atoms with Gasteiger partial charge in [0.05, 0.1) is 11.3 Å². The lowest BCUT2D eigenvalue weighted by atomic mass is 10.5. The van der Waals surface area contributed by atoms with Crippen molar-refractivity contribution in [3.63, 3.8) is 0 Å². The highest BCUT2D eigenvalue weighted by molar-refractivity contribution is 7.99. The lowest BCUT2D eigenvalue weighted by Gasteiger charge is -2.09. The topological polar surface area (TPSA) is 93.1 Å². The first-order valence-electron chi connectivity index (χ1n) is 6.75. The molecule has 2 N–H and O–H groups in total. The van der Waals surface area contributed by atoms with Crippen LogP contribution in [-0.2, 0) is 11.3 Å². The van der Waals surface area contributed by atoms with Gasteiger partial charge in [-0.1, -0.05) is 11.8 Å². The maximum Gasteiger partial charge on any atom is 0.321 e. The number of carbonyl (C=O) groups excluding carboxylic acids is 2. The summed E-state index contributed by atoms with van der Waals surface area (Å²) in [4.78, 5) is 39.7. The molecule has 3 amide bonds. The van der Waals surface area contributed by atoms with Gasteiger partial charge in [0.15, 0.2) is 5.16 Å². The molecule has 0 spiro atoms. The lowest BCUT2D eigenvalue weighted by molar-refractivity contribution is -0.117. The van der Waals surface area contributed by atoms with Crippen LogP contribution >= 0.6 is 23.1 Å². The molecule has 22 heavy (non-hydrogen) atoms. The van der Waals surface area contributed by atoms with Crippen molar-refractivity contribution in [2.24, 2.45) is 0 Å². The molecule has 0 aromatic carbocycles. The van der Waals surface area contributed by atoms with Crippen LogP contribution in [0.5, 0.6) is 0 Å². The highest BCUT2D eigenvalue weighted by Gasteiger charge is 2.14. The summed E-state index contributed by atoms with van der Waals surface area (Å²) in [5.74, 6) is -0.419. The van der Waals surface area contributed by atoms with Gasteiger partial charge in [-0.15, -0.1) is 11.3 Å². The van der Waals surface area contributed by atoms with Crippen LogP contribution in [0.4, 0.5) is 4.79 Å². The smallest absolute Gasteiger partial charge is 0.321 e. The molecule has 0 atom stereocenters. The predicted molar refractivity (Wildman–Crippen MR) is 87.5 cm³/mol. The van der Waals surface area contributed by atoms with Crippen LogP contribution in [0.3, 0.4) is 0 Å². The summed E-state index contributed by atoms with van der Waals surface area (Å²) >= 11 is 2.49. The second kappa shape index (κ2) is 7.41. The van der Waals surface area contributed by atoms with E-state index >= 15 is 0 Å². The first-order chi connectivity index (χ1) is 10.6. The zero-order valence-corrected chi connectivity index (χ0v) is 13.8. The van der Waals surface area contributed by atoms with E-state index in [1.165, 1.54) is 15.9 Å². The average Bonchev–Trinajstić information content (AvgIpc) is 2.94. The number of thioether (sulfide) groups is 1. The van der Waals surface area contributed by atoms with Crippen molar-refractivity contribution in [1.29, 1.82) is 0 Å². The van der Waals surface area contributed by atoms with Crippen LogP contribution in [0, 0.1) is 0 Å². The van der Waals surface area contributed by atoms with Crippen molar-refractivity contribution >= 4 is 45.3 Å². The SMILES string of the molecule is CCNC(=O)NC(=O)CSc1nc2ccsc2c(=O)n1CC. The van der Waals surface area contributed by atoms with Crippen molar-refractivity contribution in [1.82, 2.24) is 20.2 Å². The number of nitrogens with zero attached hydrogens (tertiary/aromatic N) is 2. The third-order valence-electron chi connectivity index (χ3n) is 2.77. The number of imide groups is 1. The predicted octanol–water partition coefficient (Wildman–Crippen LogP) is 1.42. The largest absolute Gasteiger partial charge is 0.338 e. The van der Waals surface area contributed by atoms with Crippen molar-refractivity contribution in [3.05, 3.63) is 21.8 Å². The highest BCUT2D eigenvalue weighted by atomic mass is 32.2. The fraction of sp³-hybridized carbons (Fsp3) is 0.385. The molecule has 2 heterocycles. The summed E-state index contributed by atoms with van der Waals surface area (Å²) in [7, 11) is 0. The summed E-state index contributed by atoms with van der Waals surface area (Å²) < 4.78 is 2.14. The first kappa shape index (κ1) is 16.5. The number of rotatable bonds is 5. The van der Waals surface area contributed by atoms with E-state index in [-0.39, 0.29) is 11.3 Å². The van der Waals surface area contributed by atoms with E-state index in [4.69, 9.17) is 0 Å². The Morgan fingerprint density at radius 1 is 1.41 bits per heavy atom. The molecule has 0 bridgehead atoms. The van der Waals surface area contributed by atoms with E-state index in [1.807, 2.05) is 12.3 Å². The number of aromatic nitrogens is 2. The number of carbonyl (C=O) groups is 2. The number of urea groups is 1. The summed E-state index contributed by atoms with van der Waals surface area (Å²) in [5.41, 5.74) is 0.528. The van der Waals surface area contributed by atoms with Crippen LogP contribution in [0.15, 0.2) is 21.4 Å². The molecule has 0 aliphatic carbocycles. The maximum atomic E-state index is 12.3.